The summed E-state index contributed by atoms with van der Waals surface area (Å²) in [4.78, 5) is 11.9. The molecule has 0 saturated carbocycles. The average Bonchev–Trinajstić information content (AvgIpc) is 2.40. The van der Waals surface area contributed by atoms with Crippen molar-refractivity contribution in [3.63, 3.8) is 0 Å². The molecule has 1 amide bonds. The quantitative estimate of drug-likeness (QED) is 0.766. The van der Waals surface area contributed by atoms with Crippen molar-refractivity contribution < 1.29 is 9.90 Å². The van der Waals surface area contributed by atoms with Crippen molar-refractivity contribution in [2.24, 2.45) is 0 Å². The molecule has 1 aliphatic heterocycles. The highest BCUT2D eigenvalue weighted by Crippen LogP contribution is 2.13. The zero-order valence-electron chi connectivity index (χ0n) is 10.2. The molecular formula is C13H18N2O2S. The van der Waals surface area contributed by atoms with Gasteiger partial charge in [0.2, 0.25) is 5.91 Å². The van der Waals surface area contributed by atoms with E-state index in [-0.39, 0.29) is 18.6 Å². The monoisotopic (exact) mass is 266 g/mol. The fourth-order valence-electron chi connectivity index (χ4n) is 1.93. The maximum absolute atomic E-state index is 11.9. The summed E-state index contributed by atoms with van der Waals surface area (Å²) in [7, 11) is 0. The number of hydrogen-bond donors (Lipinski definition) is 3. The van der Waals surface area contributed by atoms with Gasteiger partial charge in [0.1, 0.15) is 0 Å². The normalized spacial score (nSPS) is 19.5. The van der Waals surface area contributed by atoms with Gasteiger partial charge in [0, 0.05) is 36.2 Å². The molecular weight excluding hydrogens is 248 g/mol. The minimum absolute atomic E-state index is 0.00939. The Labute approximate surface area is 111 Å². The third-order valence-electron chi connectivity index (χ3n) is 2.82. The van der Waals surface area contributed by atoms with Crippen molar-refractivity contribution in [1.82, 2.24) is 5.32 Å². The van der Waals surface area contributed by atoms with Crippen LogP contribution in [0.15, 0.2) is 24.3 Å². The highest BCUT2D eigenvalue weighted by molar-refractivity contribution is 7.99. The Morgan fingerprint density at radius 3 is 3.17 bits per heavy atom. The molecule has 1 saturated heterocycles. The van der Waals surface area contributed by atoms with Crippen molar-refractivity contribution in [2.45, 2.75) is 19.1 Å². The van der Waals surface area contributed by atoms with E-state index in [2.05, 4.69) is 10.6 Å². The second-order valence-corrected chi connectivity index (χ2v) is 5.49. The lowest BCUT2D eigenvalue weighted by Gasteiger charge is -2.22. The van der Waals surface area contributed by atoms with Crippen molar-refractivity contribution in [3.05, 3.63) is 29.8 Å². The lowest BCUT2D eigenvalue weighted by Crippen LogP contribution is -2.39. The number of thioether (sulfide) groups is 1. The van der Waals surface area contributed by atoms with Crippen LogP contribution in [0.1, 0.15) is 12.0 Å². The van der Waals surface area contributed by atoms with Gasteiger partial charge in [-0.15, -0.1) is 0 Å². The first-order chi connectivity index (χ1) is 8.78. The van der Waals surface area contributed by atoms with E-state index >= 15 is 0 Å². The Morgan fingerprint density at radius 2 is 2.44 bits per heavy atom. The number of nitrogens with one attached hydrogen (secondary N) is 2. The van der Waals surface area contributed by atoms with E-state index in [9.17, 15) is 4.79 Å². The zero-order valence-corrected chi connectivity index (χ0v) is 11.0. The maximum Gasteiger partial charge on any atom is 0.225 e. The third kappa shape index (κ3) is 4.01. The average molecular weight is 266 g/mol. The molecule has 0 bridgehead atoms. The van der Waals surface area contributed by atoms with E-state index in [4.69, 9.17) is 5.11 Å². The predicted octanol–water partition coefficient (Wildman–Crippen LogP) is 1.21. The van der Waals surface area contributed by atoms with E-state index < -0.39 is 0 Å². The molecule has 1 aromatic rings. The topological polar surface area (TPSA) is 61.4 Å². The summed E-state index contributed by atoms with van der Waals surface area (Å²) in [5, 5.41) is 15.2. The number of amides is 1. The molecule has 0 radical (unpaired) electrons. The van der Waals surface area contributed by atoms with Crippen LogP contribution in [0.5, 0.6) is 0 Å². The van der Waals surface area contributed by atoms with Gasteiger partial charge in [0.05, 0.1) is 6.61 Å². The molecule has 1 heterocycles. The largest absolute Gasteiger partial charge is 0.392 e. The number of carbonyl (C=O) groups excluding carboxylic acids is 1. The van der Waals surface area contributed by atoms with Gasteiger partial charge in [-0.25, -0.2) is 0 Å². The number of rotatable bonds is 4. The maximum atomic E-state index is 11.9. The molecule has 1 aliphatic rings. The van der Waals surface area contributed by atoms with Crippen molar-refractivity contribution in [3.8, 4) is 0 Å². The Balaban J connectivity index is 1.85. The first-order valence-electron chi connectivity index (χ1n) is 6.08. The van der Waals surface area contributed by atoms with Crippen LogP contribution in [0.3, 0.4) is 0 Å². The Morgan fingerprint density at radius 1 is 1.56 bits per heavy atom. The molecule has 0 aliphatic carbocycles. The second kappa shape index (κ2) is 6.78. The van der Waals surface area contributed by atoms with Crippen LogP contribution >= 0.6 is 11.8 Å². The fourth-order valence-corrected chi connectivity index (χ4v) is 2.88. The smallest absolute Gasteiger partial charge is 0.225 e. The molecule has 1 aromatic carbocycles. The zero-order chi connectivity index (χ0) is 12.8. The first kappa shape index (κ1) is 13.4. The first-order valence-corrected chi connectivity index (χ1v) is 7.24. The fraction of sp³-hybridized carbons (Fsp3) is 0.462. The molecule has 4 nitrogen and oxygen atoms in total. The van der Waals surface area contributed by atoms with Crippen molar-refractivity contribution in [2.75, 3.05) is 23.4 Å². The molecule has 2 rings (SSSR count). The lowest BCUT2D eigenvalue weighted by atomic mass is 10.2. The molecule has 0 aromatic heterocycles. The van der Waals surface area contributed by atoms with Crippen LogP contribution in [0, 0.1) is 0 Å². The molecule has 1 unspecified atom stereocenters. The van der Waals surface area contributed by atoms with Crippen LogP contribution in [-0.2, 0) is 11.4 Å². The number of carbonyl (C=O) groups is 1. The Bertz CT molecular complexity index is 406. The van der Waals surface area contributed by atoms with Gasteiger partial charge < -0.3 is 15.7 Å². The van der Waals surface area contributed by atoms with Gasteiger partial charge in [-0.05, 0) is 17.7 Å². The van der Waals surface area contributed by atoms with Crippen molar-refractivity contribution in [1.29, 1.82) is 0 Å². The lowest BCUT2D eigenvalue weighted by molar-refractivity contribution is -0.116. The van der Waals surface area contributed by atoms with Crippen LogP contribution in [0.4, 0.5) is 5.69 Å². The highest BCUT2D eigenvalue weighted by atomic mass is 32.2. The number of benzene rings is 1. The van der Waals surface area contributed by atoms with E-state index in [1.807, 2.05) is 30.0 Å². The molecule has 18 heavy (non-hydrogen) atoms. The minimum Gasteiger partial charge on any atom is -0.392 e. The third-order valence-corrected chi connectivity index (χ3v) is 3.95. The van der Waals surface area contributed by atoms with Crippen molar-refractivity contribution >= 4 is 23.4 Å². The summed E-state index contributed by atoms with van der Waals surface area (Å²) in [5.74, 6) is 2.13. The highest BCUT2D eigenvalue weighted by Gasteiger charge is 2.16. The molecule has 0 spiro atoms. The molecule has 3 N–H and O–H groups in total. The number of aliphatic hydroxyl groups excluding tert-OH is 1. The summed E-state index contributed by atoms with van der Waals surface area (Å²) in [5.41, 5.74) is 1.55. The van der Waals surface area contributed by atoms with Crippen LogP contribution in [0.25, 0.3) is 0 Å². The van der Waals surface area contributed by atoms with Gasteiger partial charge >= 0.3 is 0 Å². The number of anilines is 1. The van der Waals surface area contributed by atoms with Gasteiger partial charge in [-0.2, -0.15) is 11.8 Å². The number of aliphatic hydroxyl groups is 1. The Hall–Kier alpha value is -1.04. The summed E-state index contributed by atoms with van der Waals surface area (Å²) < 4.78 is 0. The van der Waals surface area contributed by atoms with E-state index in [0.29, 0.717) is 6.42 Å². The molecule has 5 heteroatoms. The number of hydrogen-bond acceptors (Lipinski definition) is 4. The van der Waals surface area contributed by atoms with E-state index in [1.54, 1.807) is 6.07 Å². The van der Waals surface area contributed by atoms with E-state index in [0.717, 1.165) is 29.3 Å². The summed E-state index contributed by atoms with van der Waals surface area (Å²) in [6.45, 7) is 0.965. The van der Waals surface area contributed by atoms with E-state index in [1.165, 1.54) is 0 Å². The summed E-state index contributed by atoms with van der Waals surface area (Å²) >= 11 is 1.88. The molecule has 1 atom stereocenters. The van der Waals surface area contributed by atoms with Gasteiger partial charge in [-0.3, -0.25) is 4.79 Å². The minimum atomic E-state index is -0.00939. The standard InChI is InChI=1S/C13H18N2O2S/c16-8-10-2-1-3-11(6-10)15-13(17)7-12-9-18-5-4-14-12/h1-3,6,12,14,16H,4-5,7-9H2,(H,15,17). The van der Waals surface area contributed by atoms with Crippen LogP contribution < -0.4 is 10.6 Å². The molecule has 98 valence electrons. The summed E-state index contributed by atoms with van der Waals surface area (Å²) in [6, 6.07) is 7.55. The summed E-state index contributed by atoms with van der Waals surface area (Å²) in [6.07, 6.45) is 0.496. The second-order valence-electron chi connectivity index (χ2n) is 4.34. The predicted molar refractivity (Wildman–Crippen MR) is 74.7 cm³/mol. The SMILES string of the molecule is O=C(CC1CSCCN1)Nc1cccc(CO)c1. The van der Waals surface area contributed by atoms with Gasteiger partial charge in [-0.1, -0.05) is 12.1 Å². The van der Waals surface area contributed by atoms with Crippen LogP contribution in [-0.4, -0.2) is 35.1 Å². The van der Waals surface area contributed by atoms with Gasteiger partial charge in [0.15, 0.2) is 0 Å². The Kier molecular flexibility index (Phi) is 5.04. The van der Waals surface area contributed by atoms with Gasteiger partial charge in [0.25, 0.3) is 0 Å². The molecule has 1 fully saturated rings. The van der Waals surface area contributed by atoms with Crippen LogP contribution in [0.2, 0.25) is 0 Å².